The molecule has 7 nitrogen and oxygen atoms in total. The third kappa shape index (κ3) is 6.85. The molecule has 0 aliphatic carbocycles. The van der Waals surface area contributed by atoms with Crippen LogP contribution in [-0.2, 0) is 16.1 Å². The van der Waals surface area contributed by atoms with Crippen molar-refractivity contribution in [1.82, 2.24) is 20.2 Å². The van der Waals surface area contributed by atoms with E-state index in [-0.39, 0.29) is 35.9 Å². The third-order valence-electron chi connectivity index (χ3n) is 3.92. The zero-order chi connectivity index (χ0) is 18.9. The van der Waals surface area contributed by atoms with Crippen LogP contribution in [0.2, 0.25) is 0 Å². The molecule has 8 heteroatoms. The number of carbonyl (C=O) groups is 1. The molecule has 1 atom stereocenters. The Labute approximate surface area is 177 Å². The topological polar surface area (TPSA) is 82.6 Å². The highest BCUT2D eigenvalue weighted by Crippen LogP contribution is 2.16. The quantitative estimate of drug-likeness (QED) is 0.273. The summed E-state index contributed by atoms with van der Waals surface area (Å²) in [6.07, 6.45) is 1.84. The fourth-order valence-electron chi connectivity index (χ4n) is 2.48. The Morgan fingerprint density at radius 3 is 2.70 bits per heavy atom. The number of guanidine groups is 1. The number of ether oxygens (including phenoxy) is 1. The molecule has 0 aliphatic heterocycles. The Bertz CT molecular complexity index is 733. The van der Waals surface area contributed by atoms with Gasteiger partial charge in [-0.1, -0.05) is 37.3 Å². The van der Waals surface area contributed by atoms with E-state index in [1.807, 2.05) is 55.4 Å². The Morgan fingerprint density at radius 2 is 2.07 bits per heavy atom. The molecule has 0 fully saturated rings. The summed E-state index contributed by atoms with van der Waals surface area (Å²) < 4.78 is 4.75. The van der Waals surface area contributed by atoms with Crippen LogP contribution >= 0.6 is 24.0 Å². The molecule has 148 valence electrons. The van der Waals surface area contributed by atoms with Gasteiger partial charge in [0.25, 0.3) is 0 Å². The van der Waals surface area contributed by atoms with Crippen LogP contribution in [0.15, 0.2) is 41.5 Å². The maximum Gasteiger partial charge on any atom is 0.310 e. The number of imidazole rings is 1. The number of methoxy groups -OCH3 is 1. The first-order valence-electron chi connectivity index (χ1n) is 8.71. The van der Waals surface area contributed by atoms with E-state index < -0.39 is 0 Å². The summed E-state index contributed by atoms with van der Waals surface area (Å²) in [5, 5.41) is 3.24. The molecule has 0 aliphatic rings. The van der Waals surface area contributed by atoms with Crippen molar-refractivity contribution >= 4 is 35.9 Å². The number of hydrogen-bond acceptors (Lipinski definition) is 4. The lowest BCUT2D eigenvalue weighted by Crippen LogP contribution is -2.39. The number of nitrogens with zero attached hydrogens (tertiary/aromatic N) is 3. The molecule has 0 saturated carbocycles. The molecule has 0 spiro atoms. The number of hydrogen-bond donors (Lipinski definition) is 2. The van der Waals surface area contributed by atoms with Crippen LogP contribution in [0, 0.1) is 5.92 Å². The van der Waals surface area contributed by atoms with Crippen molar-refractivity contribution in [2.75, 3.05) is 27.2 Å². The standard InChI is InChI=1S/C19H27N5O2.HI/c1-5-20-19(22-11-14(2)18(25)26-4)24(3)13-17-21-12-16(23-17)15-9-7-6-8-10-15;/h6-10,12,14H,5,11,13H2,1-4H3,(H,20,22)(H,21,23);1H. The molecule has 2 N–H and O–H groups in total. The molecular formula is C19H28IN5O2. The maximum atomic E-state index is 11.5. The number of rotatable bonds is 7. The molecule has 0 amide bonds. The summed E-state index contributed by atoms with van der Waals surface area (Å²) in [4.78, 5) is 25.8. The van der Waals surface area contributed by atoms with Gasteiger partial charge < -0.3 is 19.9 Å². The van der Waals surface area contributed by atoms with E-state index in [0.717, 1.165) is 29.6 Å². The molecule has 1 aromatic heterocycles. The van der Waals surface area contributed by atoms with Crippen LogP contribution in [0.4, 0.5) is 0 Å². The second-order valence-electron chi connectivity index (χ2n) is 6.08. The zero-order valence-corrected chi connectivity index (χ0v) is 18.6. The summed E-state index contributed by atoms with van der Waals surface area (Å²) >= 11 is 0. The smallest absolute Gasteiger partial charge is 0.310 e. The van der Waals surface area contributed by atoms with Crippen molar-refractivity contribution in [2.24, 2.45) is 10.9 Å². The second-order valence-corrected chi connectivity index (χ2v) is 6.08. The molecule has 1 aromatic carbocycles. The zero-order valence-electron chi connectivity index (χ0n) is 16.2. The maximum absolute atomic E-state index is 11.5. The number of halogens is 1. The second kappa shape index (κ2) is 11.6. The minimum Gasteiger partial charge on any atom is -0.469 e. The molecule has 2 rings (SSSR count). The minimum absolute atomic E-state index is 0. The van der Waals surface area contributed by atoms with E-state index in [1.54, 1.807) is 6.92 Å². The van der Waals surface area contributed by atoms with Crippen molar-refractivity contribution in [1.29, 1.82) is 0 Å². The van der Waals surface area contributed by atoms with Gasteiger partial charge >= 0.3 is 5.97 Å². The fraction of sp³-hybridized carbons (Fsp3) is 0.421. The lowest BCUT2D eigenvalue weighted by Gasteiger charge is -2.21. The summed E-state index contributed by atoms with van der Waals surface area (Å²) in [5.41, 5.74) is 2.08. The van der Waals surface area contributed by atoms with Crippen LogP contribution in [-0.4, -0.2) is 54.0 Å². The van der Waals surface area contributed by atoms with Crippen LogP contribution < -0.4 is 5.32 Å². The van der Waals surface area contributed by atoms with Crippen molar-refractivity contribution in [3.8, 4) is 11.3 Å². The fourth-order valence-corrected chi connectivity index (χ4v) is 2.48. The summed E-state index contributed by atoms with van der Waals surface area (Å²) in [5.74, 6) is 1.03. The largest absolute Gasteiger partial charge is 0.469 e. The first kappa shape index (κ1) is 22.9. The first-order chi connectivity index (χ1) is 12.5. The molecule has 1 unspecified atom stereocenters. The van der Waals surface area contributed by atoms with Crippen LogP contribution in [0.5, 0.6) is 0 Å². The normalized spacial score (nSPS) is 12.1. The SMILES string of the molecule is CCNC(=NCC(C)C(=O)OC)N(C)Cc1ncc(-c2ccccc2)[nH]1.I. The number of aromatic amines is 1. The number of nitrogens with one attached hydrogen (secondary N) is 2. The number of benzene rings is 1. The molecule has 0 bridgehead atoms. The van der Waals surface area contributed by atoms with E-state index in [4.69, 9.17) is 4.74 Å². The van der Waals surface area contributed by atoms with Gasteiger partial charge in [-0.2, -0.15) is 0 Å². The Hall–Kier alpha value is -2.10. The van der Waals surface area contributed by atoms with Gasteiger partial charge in [-0.25, -0.2) is 4.98 Å². The monoisotopic (exact) mass is 485 g/mol. The highest BCUT2D eigenvalue weighted by Gasteiger charge is 2.14. The van der Waals surface area contributed by atoms with Gasteiger partial charge in [0, 0.05) is 13.6 Å². The van der Waals surface area contributed by atoms with Crippen LogP contribution in [0.1, 0.15) is 19.7 Å². The van der Waals surface area contributed by atoms with E-state index in [1.165, 1.54) is 7.11 Å². The first-order valence-corrected chi connectivity index (χ1v) is 8.71. The number of H-pyrrole nitrogens is 1. The Kier molecular flexibility index (Phi) is 9.84. The molecule has 1 heterocycles. The van der Waals surface area contributed by atoms with E-state index in [0.29, 0.717) is 13.1 Å². The number of esters is 1. The molecule has 27 heavy (non-hydrogen) atoms. The minimum atomic E-state index is -0.282. The molecule has 0 radical (unpaired) electrons. The van der Waals surface area contributed by atoms with Gasteiger partial charge in [-0.15, -0.1) is 24.0 Å². The lowest BCUT2D eigenvalue weighted by atomic mass is 10.2. The van der Waals surface area contributed by atoms with Gasteiger partial charge in [0.05, 0.1) is 38.0 Å². The number of carbonyl (C=O) groups excluding carboxylic acids is 1. The van der Waals surface area contributed by atoms with E-state index in [9.17, 15) is 4.79 Å². The van der Waals surface area contributed by atoms with Crippen molar-refractivity contribution in [3.63, 3.8) is 0 Å². The number of aliphatic imine (C=N–C) groups is 1. The summed E-state index contributed by atoms with van der Waals surface area (Å²) in [7, 11) is 3.33. The Balaban J connectivity index is 0.00000364. The third-order valence-corrected chi connectivity index (χ3v) is 3.92. The molecule has 0 saturated heterocycles. The van der Waals surface area contributed by atoms with E-state index >= 15 is 0 Å². The van der Waals surface area contributed by atoms with Gasteiger partial charge in [0.15, 0.2) is 5.96 Å². The van der Waals surface area contributed by atoms with Gasteiger partial charge in [0.1, 0.15) is 5.82 Å². The van der Waals surface area contributed by atoms with Crippen molar-refractivity contribution in [2.45, 2.75) is 20.4 Å². The number of aromatic nitrogens is 2. The molecular weight excluding hydrogens is 457 g/mol. The van der Waals surface area contributed by atoms with Crippen LogP contribution in [0.25, 0.3) is 11.3 Å². The van der Waals surface area contributed by atoms with E-state index in [2.05, 4.69) is 20.3 Å². The highest BCUT2D eigenvalue weighted by molar-refractivity contribution is 14.0. The van der Waals surface area contributed by atoms with Gasteiger partial charge in [-0.05, 0) is 12.5 Å². The average Bonchev–Trinajstić information content (AvgIpc) is 3.13. The van der Waals surface area contributed by atoms with Crippen molar-refractivity contribution < 1.29 is 9.53 Å². The highest BCUT2D eigenvalue weighted by atomic mass is 127. The average molecular weight is 485 g/mol. The predicted molar refractivity (Wildman–Crippen MR) is 118 cm³/mol. The Morgan fingerprint density at radius 1 is 1.37 bits per heavy atom. The van der Waals surface area contributed by atoms with Gasteiger partial charge in [0.2, 0.25) is 0 Å². The van der Waals surface area contributed by atoms with Crippen molar-refractivity contribution in [3.05, 3.63) is 42.4 Å². The summed E-state index contributed by atoms with van der Waals surface area (Å²) in [6, 6.07) is 10.1. The molecule has 2 aromatic rings. The van der Waals surface area contributed by atoms with Gasteiger partial charge in [-0.3, -0.25) is 9.79 Å². The predicted octanol–water partition coefficient (Wildman–Crippen LogP) is 2.90. The summed E-state index contributed by atoms with van der Waals surface area (Å²) in [6.45, 7) is 5.49. The van der Waals surface area contributed by atoms with Crippen LogP contribution in [0.3, 0.4) is 0 Å². The lowest BCUT2D eigenvalue weighted by molar-refractivity contribution is -0.144.